The van der Waals surface area contributed by atoms with Gasteiger partial charge in [-0.05, 0) is 17.7 Å². The van der Waals surface area contributed by atoms with Gasteiger partial charge in [-0.3, -0.25) is 0 Å². The summed E-state index contributed by atoms with van der Waals surface area (Å²) in [5, 5.41) is 8.57. The monoisotopic (exact) mass is 122 g/mol. The highest BCUT2D eigenvalue weighted by atomic mass is 16.3. The van der Waals surface area contributed by atoms with Crippen LogP contribution in [-0.2, 0) is 6.61 Å². The Morgan fingerprint density at radius 3 is 2.22 bits per heavy atom. The van der Waals surface area contributed by atoms with E-state index in [0.717, 1.165) is 5.56 Å². The molecule has 2 N–H and O–H groups in total. The van der Waals surface area contributed by atoms with Crippen molar-refractivity contribution in [2.24, 2.45) is 0 Å². The first-order chi connectivity index (χ1) is 4.33. The van der Waals surface area contributed by atoms with E-state index in [1.54, 1.807) is 24.3 Å². The average Bonchev–Trinajstić information content (AvgIpc) is 1.90. The minimum Gasteiger partial charge on any atom is -0.392 e. The van der Waals surface area contributed by atoms with Crippen LogP contribution in [0.2, 0.25) is 0 Å². The Balaban J connectivity index is 2.88. The molecule has 9 heavy (non-hydrogen) atoms. The average molecular weight is 122 g/mol. The van der Waals surface area contributed by atoms with Crippen LogP contribution in [0, 0.1) is 0 Å². The van der Waals surface area contributed by atoms with Crippen LogP contribution in [0.4, 0.5) is 5.69 Å². The highest BCUT2D eigenvalue weighted by Crippen LogP contribution is 2.05. The second-order valence-electron chi connectivity index (χ2n) is 1.86. The number of nitrogens with one attached hydrogen (secondary N) is 1. The lowest BCUT2D eigenvalue weighted by molar-refractivity contribution is 0.282. The fourth-order valence-corrected chi connectivity index (χ4v) is 0.610. The van der Waals surface area contributed by atoms with E-state index in [1.807, 2.05) is 0 Å². The number of hydrogen-bond donors (Lipinski definition) is 1. The van der Waals surface area contributed by atoms with E-state index in [1.165, 1.54) is 0 Å². The summed E-state index contributed by atoms with van der Waals surface area (Å²) in [5.74, 6) is 0. The number of hydrogen-bond acceptors (Lipinski definition) is 1. The SMILES string of the molecule is [NH]c1ccc(CO)cc1. The predicted molar refractivity (Wildman–Crippen MR) is 35.1 cm³/mol. The molecule has 1 radical (unpaired) electrons. The first kappa shape index (κ1) is 6.11. The standard InChI is InChI=1S/C7H8NO/c8-7-3-1-6(5-9)2-4-7/h1-4,8-9H,5H2. The number of aliphatic hydroxyl groups excluding tert-OH is 1. The van der Waals surface area contributed by atoms with Crippen molar-refractivity contribution in [3.63, 3.8) is 0 Å². The molecule has 0 heterocycles. The zero-order valence-corrected chi connectivity index (χ0v) is 4.96. The van der Waals surface area contributed by atoms with E-state index in [-0.39, 0.29) is 6.61 Å². The fraction of sp³-hybridized carbons (Fsp3) is 0.143. The fourth-order valence-electron chi connectivity index (χ4n) is 0.610. The van der Waals surface area contributed by atoms with Crippen LogP contribution in [0.15, 0.2) is 24.3 Å². The van der Waals surface area contributed by atoms with E-state index in [2.05, 4.69) is 0 Å². The van der Waals surface area contributed by atoms with Gasteiger partial charge >= 0.3 is 0 Å². The van der Waals surface area contributed by atoms with Crippen molar-refractivity contribution >= 4 is 5.69 Å². The molecule has 2 heteroatoms. The van der Waals surface area contributed by atoms with E-state index < -0.39 is 0 Å². The van der Waals surface area contributed by atoms with Crippen molar-refractivity contribution in [1.29, 1.82) is 0 Å². The van der Waals surface area contributed by atoms with Crippen LogP contribution in [0.3, 0.4) is 0 Å². The summed E-state index contributed by atoms with van der Waals surface area (Å²) < 4.78 is 0. The van der Waals surface area contributed by atoms with Crippen LogP contribution < -0.4 is 5.73 Å². The van der Waals surface area contributed by atoms with Gasteiger partial charge in [0.1, 0.15) is 0 Å². The zero-order valence-electron chi connectivity index (χ0n) is 4.96. The molecule has 0 unspecified atom stereocenters. The van der Waals surface area contributed by atoms with Crippen LogP contribution in [-0.4, -0.2) is 5.11 Å². The van der Waals surface area contributed by atoms with Crippen molar-refractivity contribution in [1.82, 2.24) is 5.73 Å². The van der Waals surface area contributed by atoms with Gasteiger partial charge in [0.05, 0.1) is 12.3 Å². The first-order valence-corrected chi connectivity index (χ1v) is 2.74. The predicted octanol–water partition coefficient (Wildman–Crippen LogP) is 1.09. The van der Waals surface area contributed by atoms with Gasteiger partial charge in [0.2, 0.25) is 0 Å². The zero-order chi connectivity index (χ0) is 6.69. The lowest BCUT2D eigenvalue weighted by atomic mass is 10.2. The van der Waals surface area contributed by atoms with E-state index >= 15 is 0 Å². The summed E-state index contributed by atoms with van der Waals surface area (Å²) in [6, 6.07) is 6.79. The number of aliphatic hydroxyl groups is 1. The van der Waals surface area contributed by atoms with E-state index in [0.29, 0.717) is 5.69 Å². The summed E-state index contributed by atoms with van der Waals surface area (Å²) in [6.45, 7) is 0.0558. The molecule has 0 bridgehead atoms. The molecule has 0 aliphatic heterocycles. The molecule has 0 fully saturated rings. The lowest BCUT2D eigenvalue weighted by Crippen LogP contribution is -1.79. The normalized spacial score (nSPS) is 9.44. The smallest absolute Gasteiger partial charge is 0.0681 e. The quantitative estimate of drug-likeness (QED) is 0.595. The van der Waals surface area contributed by atoms with Gasteiger partial charge in [0.25, 0.3) is 0 Å². The van der Waals surface area contributed by atoms with Crippen molar-refractivity contribution in [2.75, 3.05) is 0 Å². The lowest BCUT2D eigenvalue weighted by Gasteiger charge is -1.93. The highest BCUT2D eigenvalue weighted by Gasteiger charge is 1.86. The molecule has 0 atom stereocenters. The molecule has 0 amide bonds. The minimum atomic E-state index is 0.0558. The second-order valence-corrected chi connectivity index (χ2v) is 1.86. The Bertz CT molecular complexity index is 181. The topological polar surface area (TPSA) is 44.0 Å². The third-order valence-electron chi connectivity index (χ3n) is 1.14. The molecular weight excluding hydrogens is 114 g/mol. The molecule has 2 nitrogen and oxygen atoms in total. The molecule has 0 aliphatic rings. The van der Waals surface area contributed by atoms with Crippen LogP contribution in [0.25, 0.3) is 0 Å². The Hall–Kier alpha value is -1.02. The molecule has 1 aromatic rings. The maximum Gasteiger partial charge on any atom is 0.0681 e. The Morgan fingerprint density at radius 2 is 1.78 bits per heavy atom. The van der Waals surface area contributed by atoms with Gasteiger partial charge in [-0.2, -0.15) is 0 Å². The van der Waals surface area contributed by atoms with E-state index in [4.69, 9.17) is 10.8 Å². The van der Waals surface area contributed by atoms with Crippen LogP contribution in [0.1, 0.15) is 5.56 Å². The number of benzene rings is 1. The van der Waals surface area contributed by atoms with Gasteiger partial charge in [-0.15, -0.1) is 0 Å². The summed E-state index contributed by atoms with van der Waals surface area (Å²) in [5.41, 5.74) is 8.42. The molecule has 0 aromatic heterocycles. The Labute approximate surface area is 53.9 Å². The molecule has 1 aromatic carbocycles. The maximum absolute atomic E-state index is 8.57. The van der Waals surface area contributed by atoms with Gasteiger partial charge in [-0.25, -0.2) is 0 Å². The van der Waals surface area contributed by atoms with Crippen molar-refractivity contribution in [3.8, 4) is 0 Å². The van der Waals surface area contributed by atoms with Gasteiger partial charge < -0.3 is 10.8 Å². The molecule has 0 saturated carbocycles. The second kappa shape index (κ2) is 2.51. The number of rotatable bonds is 1. The van der Waals surface area contributed by atoms with Crippen molar-refractivity contribution in [3.05, 3.63) is 29.8 Å². The molecule has 1 rings (SSSR count). The molecular formula is C7H8NO. The Kier molecular flexibility index (Phi) is 1.70. The Morgan fingerprint density at radius 1 is 1.22 bits per heavy atom. The van der Waals surface area contributed by atoms with Gasteiger partial charge in [-0.1, -0.05) is 12.1 Å². The third kappa shape index (κ3) is 1.44. The summed E-state index contributed by atoms with van der Waals surface area (Å²) >= 11 is 0. The molecule has 0 aliphatic carbocycles. The van der Waals surface area contributed by atoms with Crippen LogP contribution >= 0.6 is 0 Å². The molecule has 47 valence electrons. The highest BCUT2D eigenvalue weighted by molar-refractivity contribution is 5.35. The molecule has 0 saturated heterocycles. The van der Waals surface area contributed by atoms with Gasteiger partial charge in [0.15, 0.2) is 0 Å². The van der Waals surface area contributed by atoms with Gasteiger partial charge in [0, 0.05) is 0 Å². The first-order valence-electron chi connectivity index (χ1n) is 2.74. The summed E-state index contributed by atoms with van der Waals surface area (Å²) in [7, 11) is 0. The third-order valence-corrected chi connectivity index (χ3v) is 1.14. The van der Waals surface area contributed by atoms with Crippen molar-refractivity contribution < 1.29 is 5.11 Å². The largest absolute Gasteiger partial charge is 0.392 e. The summed E-state index contributed by atoms with van der Waals surface area (Å²) in [6.07, 6.45) is 0. The molecule has 0 spiro atoms. The minimum absolute atomic E-state index is 0.0558. The van der Waals surface area contributed by atoms with Crippen molar-refractivity contribution in [2.45, 2.75) is 6.61 Å². The summed E-state index contributed by atoms with van der Waals surface area (Å²) in [4.78, 5) is 0. The van der Waals surface area contributed by atoms with Crippen LogP contribution in [0.5, 0.6) is 0 Å². The van der Waals surface area contributed by atoms with E-state index in [9.17, 15) is 0 Å². The maximum atomic E-state index is 8.57.